The van der Waals surface area contributed by atoms with Crippen LogP contribution >= 0.6 is 11.8 Å². The van der Waals surface area contributed by atoms with E-state index in [1.165, 1.54) is 63.5 Å². The molecular weight excluding hydrogens is 292 g/mol. The first kappa shape index (κ1) is 21.3. The fraction of sp³-hybridized carbons (Fsp3) is 0.789. The minimum atomic E-state index is -0.738. The fourth-order valence-corrected chi connectivity index (χ4v) is 2.92. The third-order valence-corrected chi connectivity index (χ3v) is 4.70. The molecule has 0 aromatic carbocycles. The molecule has 3 heteroatoms. The Morgan fingerprint density at radius 2 is 1.64 bits per heavy atom. The van der Waals surface area contributed by atoms with Gasteiger partial charge >= 0.3 is 5.97 Å². The molecular formula is C19H34O2S. The highest BCUT2D eigenvalue weighted by atomic mass is 32.2. The van der Waals surface area contributed by atoms with Gasteiger partial charge in [-0.25, -0.2) is 0 Å². The molecule has 0 amide bonds. The number of hydrogen-bond donors (Lipinski definition) is 1. The van der Waals surface area contributed by atoms with E-state index >= 15 is 0 Å². The Hall–Kier alpha value is -0.660. The molecule has 0 bridgehead atoms. The number of carboxylic acids is 1. The number of aliphatic carboxylic acids is 1. The van der Waals surface area contributed by atoms with Crippen molar-refractivity contribution >= 4 is 17.7 Å². The molecule has 1 unspecified atom stereocenters. The van der Waals surface area contributed by atoms with Crippen LogP contribution in [0.25, 0.3) is 0 Å². The van der Waals surface area contributed by atoms with Crippen molar-refractivity contribution in [3.8, 4) is 0 Å². The van der Waals surface area contributed by atoms with Gasteiger partial charge in [0.05, 0.1) is 5.92 Å². The molecule has 1 atom stereocenters. The molecule has 0 saturated heterocycles. The topological polar surface area (TPSA) is 37.3 Å². The van der Waals surface area contributed by atoms with E-state index in [9.17, 15) is 4.79 Å². The summed E-state index contributed by atoms with van der Waals surface area (Å²) < 4.78 is 0. The van der Waals surface area contributed by atoms with E-state index in [1.54, 1.807) is 6.92 Å². The highest BCUT2D eigenvalue weighted by Crippen LogP contribution is 2.11. The van der Waals surface area contributed by atoms with E-state index < -0.39 is 5.97 Å². The second kappa shape index (κ2) is 16.7. The van der Waals surface area contributed by atoms with Gasteiger partial charge in [-0.1, -0.05) is 65.2 Å². The highest BCUT2D eigenvalue weighted by Gasteiger charge is 2.06. The Morgan fingerprint density at radius 1 is 1.05 bits per heavy atom. The van der Waals surface area contributed by atoms with Crippen molar-refractivity contribution in [2.75, 3.05) is 11.5 Å². The Kier molecular flexibility index (Phi) is 16.2. The maximum absolute atomic E-state index is 10.6. The normalized spacial score (nSPS) is 11.7. The van der Waals surface area contributed by atoms with Crippen LogP contribution < -0.4 is 0 Å². The molecule has 0 heterocycles. The molecule has 0 rings (SSSR count). The molecule has 0 aromatic rings. The first-order valence-electron chi connectivity index (χ1n) is 8.88. The van der Waals surface area contributed by atoms with Crippen molar-refractivity contribution in [1.29, 1.82) is 0 Å². The third-order valence-electron chi connectivity index (χ3n) is 3.72. The Bertz CT molecular complexity index is 319. The van der Waals surface area contributed by atoms with Gasteiger partial charge < -0.3 is 5.11 Å². The molecule has 1 N–H and O–H groups in total. The van der Waals surface area contributed by atoms with E-state index in [4.69, 9.17) is 5.11 Å². The molecule has 0 aliphatic heterocycles. The number of carboxylic acid groups (broad SMARTS) is 1. The van der Waals surface area contributed by atoms with Gasteiger partial charge in [-0.15, -0.1) is 5.73 Å². The maximum Gasteiger partial charge on any atom is 0.306 e. The van der Waals surface area contributed by atoms with Crippen LogP contribution in [-0.4, -0.2) is 22.6 Å². The Labute approximate surface area is 141 Å². The van der Waals surface area contributed by atoms with E-state index in [0.717, 1.165) is 5.75 Å². The summed E-state index contributed by atoms with van der Waals surface area (Å²) in [7, 11) is 0. The third kappa shape index (κ3) is 15.7. The molecule has 0 aromatic heterocycles. The first-order valence-corrected chi connectivity index (χ1v) is 10.0. The smallest absolute Gasteiger partial charge is 0.306 e. The van der Waals surface area contributed by atoms with Gasteiger partial charge in [-0.05, 0) is 30.7 Å². The van der Waals surface area contributed by atoms with Gasteiger partial charge in [0.15, 0.2) is 0 Å². The lowest BCUT2D eigenvalue weighted by molar-refractivity contribution is -0.140. The van der Waals surface area contributed by atoms with Crippen molar-refractivity contribution in [3.63, 3.8) is 0 Å². The van der Waals surface area contributed by atoms with Gasteiger partial charge in [-0.2, -0.15) is 11.8 Å². The van der Waals surface area contributed by atoms with Crippen LogP contribution in [0.4, 0.5) is 0 Å². The molecule has 2 nitrogen and oxygen atoms in total. The van der Waals surface area contributed by atoms with Crippen molar-refractivity contribution in [1.82, 2.24) is 0 Å². The van der Waals surface area contributed by atoms with Gasteiger partial charge in [-0.3, -0.25) is 4.79 Å². The van der Waals surface area contributed by atoms with Gasteiger partial charge in [0.25, 0.3) is 0 Å². The highest BCUT2D eigenvalue weighted by molar-refractivity contribution is 7.99. The van der Waals surface area contributed by atoms with Gasteiger partial charge in [0, 0.05) is 5.75 Å². The van der Waals surface area contributed by atoms with E-state index in [1.807, 2.05) is 23.9 Å². The van der Waals surface area contributed by atoms with Crippen molar-refractivity contribution in [2.24, 2.45) is 5.92 Å². The van der Waals surface area contributed by atoms with E-state index in [2.05, 4.69) is 12.7 Å². The van der Waals surface area contributed by atoms with Crippen LogP contribution in [0, 0.1) is 5.92 Å². The summed E-state index contributed by atoms with van der Waals surface area (Å²) >= 11 is 1.94. The van der Waals surface area contributed by atoms with Crippen molar-refractivity contribution in [3.05, 3.63) is 17.9 Å². The predicted molar refractivity (Wildman–Crippen MR) is 98.6 cm³/mol. The minimum Gasteiger partial charge on any atom is -0.481 e. The minimum absolute atomic E-state index is 0.310. The standard InChI is InChI=1S/C19H34O2S/c1-3-4-5-6-7-8-9-10-13-16-22-17-14-11-12-15-18(2)19(20)21/h12,14,18H,3-10,13,15-17H2,1-2H3,(H,20,21). The quantitative estimate of drug-likeness (QED) is 0.293. The van der Waals surface area contributed by atoms with Crippen molar-refractivity contribution in [2.45, 2.75) is 78.1 Å². The second-order valence-electron chi connectivity index (χ2n) is 5.95. The van der Waals surface area contributed by atoms with Crippen LogP contribution in [0.5, 0.6) is 0 Å². The lowest BCUT2D eigenvalue weighted by atomic mass is 10.1. The molecule has 22 heavy (non-hydrogen) atoms. The zero-order valence-corrected chi connectivity index (χ0v) is 15.3. The molecule has 0 radical (unpaired) electrons. The zero-order valence-electron chi connectivity index (χ0n) is 14.5. The van der Waals surface area contributed by atoms with Crippen LogP contribution in [0.2, 0.25) is 0 Å². The van der Waals surface area contributed by atoms with Crippen molar-refractivity contribution < 1.29 is 9.90 Å². The van der Waals surface area contributed by atoms with E-state index in [-0.39, 0.29) is 5.92 Å². The number of unbranched alkanes of at least 4 members (excludes halogenated alkanes) is 8. The fourth-order valence-electron chi connectivity index (χ4n) is 2.13. The summed E-state index contributed by atoms with van der Waals surface area (Å²) in [6, 6.07) is 0. The molecule has 0 aliphatic carbocycles. The maximum atomic E-state index is 10.6. The molecule has 0 aliphatic rings. The monoisotopic (exact) mass is 326 g/mol. The number of hydrogen-bond acceptors (Lipinski definition) is 2. The van der Waals surface area contributed by atoms with Gasteiger partial charge in [0.1, 0.15) is 0 Å². The largest absolute Gasteiger partial charge is 0.481 e. The van der Waals surface area contributed by atoms with Crippen LogP contribution in [-0.2, 0) is 4.79 Å². The summed E-state index contributed by atoms with van der Waals surface area (Å²) in [5, 5.41) is 8.74. The SMILES string of the molecule is CCCCCCCCCCCSCC=C=CCC(C)C(=O)O. The molecule has 0 saturated carbocycles. The second-order valence-corrected chi connectivity index (χ2v) is 7.10. The van der Waals surface area contributed by atoms with Gasteiger partial charge in [0.2, 0.25) is 0 Å². The summed E-state index contributed by atoms with van der Waals surface area (Å²) in [6.45, 7) is 3.98. The lowest BCUT2D eigenvalue weighted by Crippen LogP contribution is -2.07. The summed E-state index contributed by atoms with van der Waals surface area (Å²) in [5.74, 6) is 1.16. The average Bonchev–Trinajstić information content (AvgIpc) is 2.50. The summed E-state index contributed by atoms with van der Waals surface area (Å²) in [4.78, 5) is 10.6. The summed E-state index contributed by atoms with van der Waals surface area (Å²) in [6.07, 6.45) is 16.8. The summed E-state index contributed by atoms with van der Waals surface area (Å²) in [5.41, 5.74) is 3.07. The number of carbonyl (C=O) groups is 1. The van der Waals surface area contributed by atoms with Crippen LogP contribution in [0.3, 0.4) is 0 Å². The molecule has 0 spiro atoms. The Balaban J connectivity index is 3.26. The van der Waals surface area contributed by atoms with E-state index in [0.29, 0.717) is 6.42 Å². The number of thioether (sulfide) groups is 1. The molecule has 128 valence electrons. The molecule has 0 fully saturated rings. The zero-order chi connectivity index (χ0) is 16.5. The Morgan fingerprint density at radius 3 is 2.23 bits per heavy atom. The lowest BCUT2D eigenvalue weighted by Gasteiger charge is -2.01. The number of rotatable bonds is 15. The first-order chi connectivity index (χ1) is 10.7. The average molecular weight is 327 g/mol. The van der Waals surface area contributed by atoms with Crippen LogP contribution in [0.1, 0.15) is 78.1 Å². The van der Waals surface area contributed by atoms with Crippen LogP contribution in [0.15, 0.2) is 17.9 Å². The predicted octanol–water partition coefficient (Wildman–Crippen LogP) is 6.07.